The molecule has 8 heteroatoms. The maximum Gasteiger partial charge on any atom is 0.205 e. The highest BCUT2D eigenvalue weighted by molar-refractivity contribution is 5.82. The quantitative estimate of drug-likeness (QED) is 0.159. The van der Waals surface area contributed by atoms with Gasteiger partial charge in [-0.1, -0.05) is 13.8 Å². The van der Waals surface area contributed by atoms with Crippen molar-refractivity contribution in [3.63, 3.8) is 0 Å². The number of methoxy groups -OCH3 is 3. The molecule has 30 heavy (non-hydrogen) atoms. The zero-order valence-electron chi connectivity index (χ0n) is 19.4. The van der Waals surface area contributed by atoms with Crippen molar-refractivity contribution in [2.45, 2.75) is 64.8 Å². The Kier molecular flexibility index (Phi) is 8.82. The van der Waals surface area contributed by atoms with Gasteiger partial charge in [0.2, 0.25) is 5.96 Å². The molecule has 0 aromatic heterocycles. The highest BCUT2D eigenvalue weighted by Gasteiger charge is 2.33. The second-order valence-electron chi connectivity index (χ2n) is 7.93. The Labute approximate surface area is 179 Å². The van der Waals surface area contributed by atoms with Gasteiger partial charge in [-0.2, -0.15) is 5.26 Å². The fraction of sp³-hybridized carbons (Fsp3) is 0.591. The Morgan fingerprint density at radius 3 is 2.27 bits per heavy atom. The molecular weight excluding hydrogens is 384 g/mol. The summed E-state index contributed by atoms with van der Waals surface area (Å²) in [6.45, 7) is 11.7. The van der Waals surface area contributed by atoms with Gasteiger partial charge < -0.3 is 19.5 Å². The Bertz CT molecular complexity index is 810. The summed E-state index contributed by atoms with van der Waals surface area (Å²) in [6, 6.07) is 3.17. The van der Waals surface area contributed by atoms with Crippen LogP contribution in [0.3, 0.4) is 0 Å². The van der Waals surface area contributed by atoms with Crippen LogP contribution in [0.25, 0.3) is 0 Å². The maximum atomic E-state index is 11.5. The van der Waals surface area contributed by atoms with E-state index in [4.69, 9.17) is 14.2 Å². The number of hydrogen-bond donors (Lipinski definition) is 2. The van der Waals surface area contributed by atoms with E-state index in [0.717, 1.165) is 17.4 Å². The molecule has 2 atom stereocenters. The number of nitrogens with zero attached hydrogens (tertiary/aromatic N) is 2. The number of rotatable bonds is 9. The van der Waals surface area contributed by atoms with E-state index in [1.165, 1.54) is 0 Å². The van der Waals surface area contributed by atoms with Crippen molar-refractivity contribution in [3.05, 3.63) is 28.8 Å². The van der Waals surface area contributed by atoms with E-state index in [1.807, 2.05) is 39.1 Å². The van der Waals surface area contributed by atoms with Gasteiger partial charge in [-0.15, -0.1) is 0 Å². The SMILES string of the molecule is COc1cc(C)c(C(C)(C)C(C)NC(=NC(C)C(C)(OC)OC)NC#N)cc1C=O. The Balaban J connectivity index is 3.26. The van der Waals surface area contributed by atoms with Crippen molar-refractivity contribution < 1.29 is 19.0 Å². The second-order valence-corrected chi connectivity index (χ2v) is 7.93. The normalized spacial score (nSPS) is 14.5. The molecular formula is C22H34N4O4. The van der Waals surface area contributed by atoms with Crippen LogP contribution in [0.4, 0.5) is 0 Å². The molecule has 0 amide bonds. The predicted molar refractivity (Wildman–Crippen MR) is 117 cm³/mol. The van der Waals surface area contributed by atoms with E-state index < -0.39 is 17.2 Å². The molecule has 166 valence electrons. The number of ether oxygens (including phenoxy) is 3. The maximum absolute atomic E-state index is 11.5. The van der Waals surface area contributed by atoms with Crippen LogP contribution in [-0.4, -0.2) is 51.4 Å². The minimum Gasteiger partial charge on any atom is -0.496 e. The molecule has 0 bridgehead atoms. The fourth-order valence-electron chi connectivity index (χ4n) is 3.17. The molecule has 0 heterocycles. The molecule has 0 saturated heterocycles. The predicted octanol–water partition coefficient (Wildman–Crippen LogP) is 2.90. The summed E-state index contributed by atoms with van der Waals surface area (Å²) < 4.78 is 16.1. The van der Waals surface area contributed by atoms with Gasteiger partial charge in [-0.3, -0.25) is 10.1 Å². The minimum absolute atomic E-state index is 0.146. The fourth-order valence-corrected chi connectivity index (χ4v) is 3.17. The zero-order valence-corrected chi connectivity index (χ0v) is 19.4. The first-order valence-corrected chi connectivity index (χ1v) is 9.74. The first kappa shape index (κ1) is 25.4. The molecule has 2 N–H and O–H groups in total. The Morgan fingerprint density at radius 2 is 1.80 bits per heavy atom. The molecule has 0 radical (unpaired) electrons. The van der Waals surface area contributed by atoms with Gasteiger partial charge >= 0.3 is 0 Å². The van der Waals surface area contributed by atoms with E-state index in [1.54, 1.807) is 28.3 Å². The van der Waals surface area contributed by atoms with Crippen LogP contribution in [0.2, 0.25) is 0 Å². The van der Waals surface area contributed by atoms with Gasteiger partial charge in [0, 0.05) is 25.7 Å². The van der Waals surface area contributed by atoms with E-state index in [-0.39, 0.29) is 6.04 Å². The van der Waals surface area contributed by atoms with Crippen LogP contribution in [0.1, 0.15) is 56.1 Å². The number of guanidine groups is 1. The van der Waals surface area contributed by atoms with Crippen molar-refractivity contribution in [2.75, 3.05) is 21.3 Å². The third-order valence-corrected chi connectivity index (χ3v) is 5.90. The molecule has 0 aliphatic rings. The molecule has 1 rings (SSSR count). The van der Waals surface area contributed by atoms with Crippen LogP contribution in [0.15, 0.2) is 17.1 Å². The van der Waals surface area contributed by atoms with Crippen LogP contribution < -0.4 is 15.4 Å². The molecule has 8 nitrogen and oxygen atoms in total. The third-order valence-electron chi connectivity index (χ3n) is 5.90. The summed E-state index contributed by atoms with van der Waals surface area (Å²) in [5.74, 6) is -0.0789. The lowest BCUT2D eigenvalue weighted by Gasteiger charge is -2.36. The monoisotopic (exact) mass is 418 g/mol. The molecule has 0 spiro atoms. The van der Waals surface area contributed by atoms with Crippen molar-refractivity contribution >= 4 is 12.2 Å². The average molecular weight is 419 g/mol. The minimum atomic E-state index is -0.936. The second kappa shape index (κ2) is 10.4. The molecule has 0 saturated carbocycles. The number of hydrogen-bond acceptors (Lipinski definition) is 6. The number of nitriles is 1. The number of nitrogens with one attached hydrogen (secondary N) is 2. The lowest BCUT2D eigenvalue weighted by atomic mass is 9.76. The lowest BCUT2D eigenvalue weighted by molar-refractivity contribution is -0.203. The van der Waals surface area contributed by atoms with Gasteiger partial charge in [0.1, 0.15) is 11.8 Å². The molecule has 1 aromatic rings. The third kappa shape index (κ3) is 5.49. The van der Waals surface area contributed by atoms with E-state index in [0.29, 0.717) is 17.3 Å². The number of carbonyl (C=O) groups excluding carboxylic acids is 1. The summed E-state index contributed by atoms with van der Waals surface area (Å²) >= 11 is 0. The van der Waals surface area contributed by atoms with E-state index >= 15 is 0 Å². The molecule has 1 aromatic carbocycles. The van der Waals surface area contributed by atoms with Gasteiger partial charge in [0.15, 0.2) is 18.3 Å². The number of aryl methyl sites for hydroxylation is 1. The van der Waals surface area contributed by atoms with Gasteiger partial charge in [0.05, 0.1) is 12.7 Å². The van der Waals surface area contributed by atoms with Gasteiger partial charge in [0.25, 0.3) is 0 Å². The van der Waals surface area contributed by atoms with Crippen LogP contribution >= 0.6 is 0 Å². The molecule has 0 fully saturated rings. The largest absolute Gasteiger partial charge is 0.496 e. The van der Waals surface area contributed by atoms with Crippen molar-refractivity contribution in [1.29, 1.82) is 5.26 Å². The first-order valence-electron chi connectivity index (χ1n) is 9.74. The Morgan fingerprint density at radius 1 is 1.20 bits per heavy atom. The topological polar surface area (TPSA) is 105 Å². The standard InChI is InChI=1S/C22H34N4O4/c1-14-10-19(28-7)17(12-27)11-18(14)21(4,5)15(2)25-20(24-13-23)26-16(3)22(6,29-8)30-9/h10-12,15-16H,1-9H3,(H2,24,25,26). The highest BCUT2D eigenvalue weighted by Crippen LogP contribution is 2.33. The van der Waals surface area contributed by atoms with Crippen LogP contribution in [0, 0.1) is 18.4 Å². The smallest absolute Gasteiger partial charge is 0.205 e. The van der Waals surface area contributed by atoms with Crippen molar-refractivity contribution in [1.82, 2.24) is 10.6 Å². The van der Waals surface area contributed by atoms with Crippen molar-refractivity contribution in [3.8, 4) is 11.9 Å². The summed E-state index contributed by atoms with van der Waals surface area (Å²) in [4.78, 5) is 16.1. The number of aliphatic imine (C=N–C) groups is 1. The van der Waals surface area contributed by atoms with Gasteiger partial charge in [-0.25, -0.2) is 4.99 Å². The highest BCUT2D eigenvalue weighted by atomic mass is 16.7. The number of carbonyl (C=O) groups is 1. The number of benzene rings is 1. The average Bonchev–Trinajstić information content (AvgIpc) is 2.72. The molecule has 0 aliphatic heterocycles. The van der Waals surface area contributed by atoms with Crippen LogP contribution in [0.5, 0.6) is 5.75 Å². The summed E-state index contributed by atoms with van der Waals surface area (Å²) in [5.41, 5.74) is 2.09. The lowest BCUT2D eigenvalue weighted by Crippen LogP contribution is -2.51. The van der Waals surface area contributed by atoms with Gasteiger partial charge in [-0.05, 0) is 51.0 Å². The van der Waals surface area contributed by atoms with Crippen molar-refractivity contribution in [2.24, 2.45) is 4.99 Å². The van der Waals surface area contributed by atoms with E-state index in [2.05, 4.69) is 29.5 Å². The number of aldehydes is 1. The first-order chi connectivity index (χ1) is 14.0. The van der Waals surface area contributed by atoms with Crippen LogP contribution in [-0.2, 0) is 14.9 Å². The molecule has 2 unspecified atom stereocenters. The zero-order chi connectivity index (χ0) is 23.1. The van der Waals surface area contributed by atoms with E-state index in [9.17, 15) is 10.1 Å². The summed E-state index contributed by atoms with van der Waals surface area (Å²) in [5, 5.41) is 15.1. The summed E-state index contributed by atoms with van der Waals surface area (Å²) in [6.07, 6.45) is 2.70. The molecule has 0 aliphatic carbocycles. The Hall–Kier alpha value is -2.63. The summed E-state index contributed by atoms with van der Waals surface area (Å²) in [7, 11) is 4.63.